The molecule has 0 spiro atoms. The SMILES string of the molecule is CCN(CC)CCCn1cnc2ncccc2c1=O. The van der Waals surface area contributed by atoms with Crippen LogP contribution in [0.2, 0.25) is 0 Å². The van der Waals surface area contributed by atoms with Gasteiger partial charge in [-0.3, -0.25) is 9.36 Å². The number of rotatable bonds is 6. The van der Waals surface area contributed by atoms with Gasteiger partial charge in [0.1, 0.15) is 0 Å². The first kappa shape index (κ1) is 13.7. The highest BCUT2D eigenvalue weighted by molar-refractivity contribution is 5.72. The minimum Gasteiger partial charge on any atom is -0.304 e. The number of aromatic nitrogens is 3. The summed E-state index contributed by atoms with van der Waals surface area (Å²) in [5.74, 6) is 0. The van der Waals surface area contributed by atoms with Crippen LogP contribution in [0.5, 0.6) is 0 Å². The second-order valence-corrected chi connectivity index (χ2v) is 4.50. The van der Waals surface area contributed by atoms with Crippen LogP contribution < -0.4 is 5.56 Å². The average Bonchev–Trinajstić information content (AvgIpc) is 2.46. The Hall–Kier alpha value is -1.75. The van der Waals surface area contributed by atoms with Gasteiger partial charge in [0.05, 0.1) is 11.7 Å². The lowest BCUT2D eigenvalue weighted by Crippen LogP contribution is -2.27. The lowest BCUT2D eigenvalue weighted by molar-refractivity contribution is 0.292. The molecule has 0 atom stereocenters. The summed E-state index contributed by atoms with van der Waals surface area (Å²) in [6, 6.07) is 3.55. The number of pyridine rings is 1. The van der Waals surface area contributed by atoms with Gasteiger partial charge in [0.2, 0.25) is 0 Å². The van der Waals surface area contributed by atoms with Crippen molar-refractivity contribution in [1.82, 2.24) is 19.4 Å². The Balaban J connectivity index is 2.09. The molecule has 0 fully saturated rings. The third kappa shape index (κ3) is 3.17. The van der Waals surface area contributed by atoms with E-state index < -0.39 is 0 Å². The molecule has 2 rings (SSSR count). The van der Waals surface area contributed by atoms with Crippen LogP contribution in [0.3, 0.4) is 0 Å². The molecule has 0 bridgehead atoms. The van der Waals surface area contributed by atoms with Crippen LogP contribution in [0.25, 0.3) is 11.0 Å². The third-order valence-electron chi connectivity index (χ3n) is 3.37. The van der Waals surface area contributed by atoms with Crippen molar-refractivity contribution in [1.29, 1.82) is 0 Å². The number of fused-ring (bicyclic) bond motifs is 1. The molecular weight excluding hydrogens is 240 g/mol. The van der Waals surface area contributed by atoms with Crippen molar-refractivity contribution in [3.05, 3.63) is 35.0 Å². The van der Waals surface area contributed by atoms with E-state index >= 15 is 0 Å². The van der Waals surface area contributed by atoms with E-state index in [1.165, 1.54) is 0 Å². The predicted octanol–water partition coefficient (Wildman–Crippen LogP) is 1.52. The minimum atomic E-state index is -0.00218. The van der Waals surface area contributed by atoms with Crippen molar-refractivity contribution in [2.24, 2.45) is 0 Å². The molecule has 0 N–H and O–H groups in total. The van der Waals surface area contributed by atoms with Crippen molar-refractivity contribution in [3.8, 4) is 0 Å². The van der Waals surface area contributed by atoms with Crippen molar-refractivity contribution in [2.45, 2.75) is 26.8 Å². The van der Waals surface area contributed by atoms with Gasteiger partial charge < -0.3 is 4.90 Å². The van der Waals surface area contributed by atoms with E-state index in [4.69, 9.17) is 0 Å². The number of hydrogen-bond donors (Lipinski definition) is 0. The number of hydrogen-bond acceptors (Lipinski definition) is 4. The van der Waals surface area contributed by atoms with Gasteiger partial charge in [-0.05, 0) is 38.2 Å². The van der Waals surface area contributed by atoms with E-state index in [2.05, 4.69) is 28.7 Å². The number of nitrogens with zero attached hydrogens (tertiary/aromatic N) is 4. The first-order valence-electron chi connectivity index (χ1n) is 6.78. The van der Waals surface area contributed by atoms with E-state index in [1.54, 1.807) is 29.2 Å². The summed E-state index contributed by atoms with van der Waals surface area (Å²) in [5, 5.41) is 0.591. The van der Waals surface area contributed by atoms with Crippen LogP contribution in [-0.2, 0) is 6.54 Å². The van der Waals surface area contributed by atoms with Gasteiger partial charge in [-0.2, -0.15) is 0 Å². The van der Waals surface area contributed by atoms with Gasteiger partial charge in [-0.25, -0.2) is 9.97 Å². The third-order valence-corrected chi connectivity index (χ3v) is 3.37. The maximum absolute atomic E-state index is 12.2. The molecule has 0 unspecified atom stereocenters. The molecule has 0 radical (unpaired) electrons. The zero-order chi connectivity index (χ0) is 13.7. The maximum Gasteiger partial charge on any atom is 0.262 e. The Morgan fingerprint density at radius 3 is 2.79 bits per heavy atom. The second kappa shape index (κ2) is 6.43. The second-order valence-electron chi connectivity index (χ2n) is 4.50. The molecular formula is C14H20N4O. The smallest absolute Gasteiger partial charge is 0.262 e. The molecule has 0 aliphatic rings. The average molecular weight is 260 g/mol. The van der Waals surface area contributed by atoms with Crippen molar-refractivity contribution in [2.75, 3.05) is 19.6 Å². The highest BCUT2D eigenvalue weighted by atomic mass is 16.1. The highest BCUT2D eigenvalue weighted by Gasteiger charge is 2.04. The van der Waals surface area contributed by atoms with Crippen LogP contribution in [0.1, 0.15) is 20.3 Å². The molecule has 0 amide bonds. The van der Waals surface area contributed by atoms with Crippen LogP contribution in [-0.4, -0.2) is 39.1 Å². The molecule has 2 heterocycles. The van der Waals surface area contributed by atoms with Crippen LogP contribution >= 0.6 is 0 Å². The molecule has 102 valence electrons. The standard InChI is InChI=1S/C14H20N4O/c1-3-17(4-2)9-6-10-18-11-16-13-12(14(18)19)7-5-8-15-13/h5,7-8,11H,3-4,6,9-10H2,1-2H3. The zero-order valence-corrected chi connectivity index (χ0v) is 11.5. The highest BCUT2D eigenvalue weighted by Crippen LogP contribution is 2.01. The molecule has 0 saturated heterocycles. The minimum absolute atomic E-state index is 0.00218. The first-order chi connectivity index (χ1) is 9.26. The summed E-state index contributed by atoms with van der Waals surface area (Å²) < 4.78 is 1.67. The Morgan fingerprint density at radius 1 is 1.26 bits per heavy atom. The number of aryl methyl sites for hydroxylation is 1. The Morgan fingerprint density at radius 2 is 2.05 bits per heavy atom. The zero-order valence-electron chi connectivity index (χ0n) is 11.5. The van der Waals surface area contributed by atoms with Crippen molar-refractivity contribution < 1.29 is 0 Å². The first-order valence-corrected chi connectivity index (χ1v) is 6.78. The van der Waals surface area contributed by atoms with Gasteiger partial charge >= 0.3 is 0 Å². The molecule has 2 aromatic heterocycles. The van der Waals surface area contributed by atoms with Crippen LogP contribution in [0, 0.1) is 0 Å². The Bertz CT molecular complexity index is 589. The van der Waals surface area contributed by atoms with Crippen molar-refractivity contribution >= 4 is 11.0 Å². The topological polar surface area (TPSA) is 51.0 Å². The molecule has 0 aliphatic heterocycles. The fourth-order valence-corrected chi connectivity index (χ4v) is 2.16. The van der Waals surface area contributed by atoms with Gasteiger partial charge in [-0.15, -0.1) is 0 Å². The Labute approximate surface area is 112 Å². The van der Waals surface area contributed by atoms with Crippen LogP contribution in [0.15, 0.2) is 29.5 Å². The van der Waals surface area contributed by atoms with Gasteiger partial charge in [-0.1, -0.05) is 13.8 Å². The maximum atomic E-state index is 12.2. The lowest BCUT2D eigenvalue weighted by Gasteiger charge is -2.17. The monoisotopic (exact) mass is 260 g/mol. The quantitative estimate of drug-likeness (QED) is 0.790. The molecule has 0 aliphatic carbocycles. The Kier molecular flexibility index (Phi) is 4.63. The summed E-state index contributed by atoms with van der Waals surface area (Å²) in [7, 11) is 0. The normalized spacial score (nSPS) is 11.3. The van der Waals surface area contributed by atoms with E-state index in [1.807, 2.05) is 0 Å². The van der Waals surface area contributed by atoms with E-state index in [9.17, 15) is 4.79 Å². The largest absolute Gasteiger partial charge is 0.304 e. The summed E-state index contributed by atoms with van der Waals surface area (Å²) in [4.78, 5) is 22.9. The van der Waals surface area contributed by atoms with E-state index in [-0.39, 0.29) is 5.56 Å². The summed E-state index contributed by atoms with van der Waals surface area (Å²) >= 11 is 0. The van der Waals surface area contributed by atoms with E-state index in [0.717, 1.165) is 26.1 Å². The lowest BCUT2D eigenvalue weighted by atomic mass is 10.3. The van der Waals surface area contributed by atoms with Crippen molar-refractivity contribution in [3.63, 3.8) is 0 Å². The van der Waals surface area contributed by atoms with Gasteiger partial charge in [0, 0.05) is 12.7 Å². The fourth-order valence-electron chi connectivity index (χ4n) is 2.16. The predicted molar refractivity (Wildman–Crippen MR) is 76.2 cm³/mol. The molecule has 19 heavy (non-hydrogen) atoms. The summed E-state index contributed by atoms with van der Waals surface area (Å²) in [6.07, 6.45) is 4.20. The molecule has 5 nitrogen and oxygen atoms in total. The molecule has 0 saturated carbocycles. The fraction of sp³-hybridized carbons (Fsp3) is 0.500. The molecule has 0 aromatic carbocycles. The summed E-state index contributed by atoms with van der Waals surface area (Å²) in [5.41, 5.74) is 0.519. The van der Waals surface area contributed by atoms with Gasteiger partial charge in [0.25, 0.3) is 5.56 Å². The summed E-state index contributed by atoms with van der Waals surface area (Å²) in [6.45, 7) is 8.10. The molecule has 2 aromatic rings. The molecule has 5 heteroatoms. The van der Waals surface area contributed by atoms with E-state index in [0.29, 0.717) is 17.6 Å². The van der Waals surface area contributed by atoms with Crippen LogP contribution in [0.4, 0.5) is 0 Å². The van der Waals surface area contributed by atoms with Gasteiger partial charge in [0.15, 0.2) is 5.65 Å².